The lowest BCUT2D eigenvalue weighted by molar-refractivity contribution is 0.686. The molecule has 1 saturated carbocycles. The van der Waals surface area contributed by atoms with Crippen LogP contribution >= 0.6 is 0 Å². The minimum Gasteiger partial charge on any atom is -0.325 e. The van der Waals surface area contributed by atoms with E-state index in [1.165, 1.54) is 25.7 Å². The summed E-state index contributed by atoms with van der Waals surface area (Å²) in [6, 6.07) is 0. The largest absolute Gasteiger partial charge is 0.325 e. The Morgan fingerprint density at radius 3 is 1.87 bits per heavy atom. The van der Waals surface area contributed by atoms with Gasteiger partial charge in [-0.2, -0.15) is 0 Å². The first kappa shape index (κ1) is 13.2. The molecule has 0 amide bonds. The Kier molecular flexibility index (Phi) is 5.30. The fourth-order valence-corrected chi connectivity index (χ4v) is 8.15. The van der Waals surface area contributed by atoms with Crippen LogP contribution in [0.2, 0.25) is 11.1 Å². The van der Waals surface area contributed by atoms with Crippen LogP contribution in [0.25, 0.3) is 0 Å². The van der Waals surface area contributed by atoms with Gasteiger partial charge in [-0.25, -0.2) is 0 Å². The molecule has 0 aliphatic heterocycles. The second kappa shape index (κ2) is 6.02. The first-order chi connectivity index (χ1) is 7.17. The van der Waals surface area contributed by atoms with Crippen molar-refractivity contribution in [2.75, 3.05) is 13.1 Å². The van der Waals surface area contributed by atoms with Gasteiger partial charge >= 0.3 is 0 Å². The van der Waals surface area contributed by atoms with E-state index in [0.29, 0.717) is 0 Å². The highest BCUT2D eigenvalue weighted by molar-refractivity contribution is 6.77. The van der Waals surface area contributed by atoms with Crippen LogP contribution in [-0.2, 0) is 0 Å². The van der Waals surface area contributed by atoms with Gasteiger partial charge in [0.25, 0.3) is 0 Å². The molecular formula is C12H28N2Si. The van der Waals surface area contributed by atoms with E-state index in [4.69, 9.17) is 0 Å². The third-order valence-corrected chi connectivity index (χ3v) is 9.41. The van der Waals surface area contributed by atoms with Crippen LogP contribution in [0, 0.1) is 0 Å². The van der Waals surface area contributed by atoms with Crippen molar-refractivity contribution >= 4 is 8.40 Å². The Bertz CT molecular complexity index is 170. The fraction of sp³-hybridized carbons (Fsp3) is 1.00. The molecule has 0 saturated heterocycles. The first-order valence-electron chi connectivity index (χ1n) is 6.67. The molecule has 0 aromatic heterocycles. The summed E-state index contributed by atoms with van der Waals surface area (Å²) in [6.07, 6.45) is 5.79. The van der Waals surface area contributed by atoms with Crippen molar-refractivity contribution < 1.29 is 0 Å². The van der Waals surface area contributed by atoms with E-state index in [9.17, 15) is 0 Å². The molecule has 2 nitrogen and oxygen atoms in total. The smallest absolute Gasteiger partial charge is 0.207 e. The molecule has 0 bridgehead atoms. The summed E-state index contributed by atoms with van der Waals surface area (Å²) in [6.45, 7) is 11.5. The fourth-order valence-electron chi connectivity index (χ4n) is 3.20. The van der Waals surface area contributed by atoms with Crippen LogP contribution < -0.4 is 9.96 Å². The molecule has 0 unspecified atom stereocenters. The van der Waals surface area contributed by atoms with Crippen LogP contribution in [0.1, 0.15) is 53.4 Å². The van der Waals surface area contributed by atoms with Crippen LogP contribution in [0.4, 0.5) is 0 Å². The molecule has 15 heavy (non-hydrogen) atoms. The zero-order valence-electron chi connectivity index (χ0n) is 10.9. The average molecular weight is 228 g/mol. The van der Waals surface area contributed by atoms with Crippen molar-refractivity contribution in [3.05, 3.63) is 0 Å². The molecule has 0 heterocycles. The normalized spacial score (nSPS) is 19.0. The molecule has 1 rings (SSSR count). The van der Waals surface area contributed by atoms with E-state index in [2.05, 4.69) is 37.7 Å². The average Bonchev–Trinajstić information content (AvgIpc) is 2.70. The van der Waals surface area contributed by atoms with E-state index in [-0.39, 0.29) is 0 Å². The van der Waals surface area contributed by atoms with E-state index >= 15 is 0 Å². The van der Waals surface area contributed by atoms with Crippen molar-refractivity contribution in [2.24, 2.45) is 0 Å². The number of hydrogen-bond donors (Lipinski definition) is 2. The highest BCUT2D eigenvalue weighted by Gasteiger charge is 2.44. The van der Waals surface area contributed by atoms with Crippen LogP contribution in [0.5, 0.6) is 0 Å². The topological polar surface area (TPSA) is 24.1 Å². The lowest BCUT2D eigenvalue weighted by atomic mass is 10.4. The summed E-state index contributed by atoms with van der Waals surface area (Å²) in [4.78, 5) is 7.73. The SMILES string of the molecule is CCN[Si](NCC)(C(C)C)C1CCCC1. The second-order valence-corrected chi connectivity index (χ2v) is 9.48. The Hall–Kier alpha value is 0.137. The first-order valence-corrected chi connectivity index (χ1v) is 8.82. The molecule has 2 N–H and O–H groups in total. The van der Waals surface area contributed by atoms with Gasteiger partial charge in [0.1, 0.15) is 0 Å². The molecule has 90 valence electrons. The minimum atomic E-state index is -1.44. The summed E-state index contributed by atoms with van der Waals surface area (Å²) in [5.74, 6) is 0. The Morgan fingerprint density at radius 2 is 1.53 bits per heavy atom. The summed E-state index contributed by atoms with van der Waals surface area (Å²) in [5, 5.41) is 0. The van der Waals surface area contributed by atoms with Crippen molar-refractivity contribution in [3.8, 4) is 0 Å². The molecule has 1 aliphatic rings. The minimum absolute atomic E-state index is 0.792. The molecule has 0 atom stereocenters. The van der Waals surface area contributed by atoms with Gasteiger partial charge in [-0.15, -0.1) is 0 Å². The van der Waals surface area contributed by atoms with Gasteiger partial charge < -0.3 is 9.96 Å². The molecule has 0 spiro atoms. The highest BCUT2D eigenvalue weighted by atomic mass is 28.3. The Labute approximate surface area is 96.4 Å². The summed E-state index contributed by atoms with van der Waals surface area (Å²) in [5.41, 5.74) is 1.75. The number of hydrogen-bond acceptors (Lipinski definition) is 2. The molecule has 3 heteroatoms. The third kappa shape index (κ3) is 2.83. The van der Waals surface area contributed by atoms with Crippen LogP contribution in [0.3, 0.4) is 0 Å². The zero-order chi connectivity index (χ0) is 11.3. The van der Waals surface area contributed by atoms with Crippen LogP contribution in [0.15, 0.2) is 0 Å². The maximum atomic E-state index is 3.87. The van der Waals surface area contributed by atoms with E-state index in [1.54, 1.807) is 0 Å². The summed E-state index contributed by atoms with van der Waals surface area (Å²) < 4.78 is 0. The van der Waals surface area contributed by atoms with Crippen molar-refractivity contribution in [1.29, 1.82) is 0 Å². The molecule has 0 aromatic carbocycles. The molecule has 1 aliphatic carbocycles. The highest BCUT2D eigenvalue weighted by Crippen LogP contribution is 2.40. The zero-order valence-corrected chi connectivity index (χ0v) is 11.9. The Morgan fingerprint density at radius 1 is 1.07 bits per heavy atom. The molecule has 0 aromatic rings. The van der Waals surface area contributed by atoms with Crippen LogP contribution in [-0.4, -0.2) is 21.5 Å². The van der Waals surface area contributed by atoms with Gasteiger partial charge in [0, 0.05) is 0 Å². The van der Waals surface area contributed by atoms with Crippen molar-refractivity contribution in [2.45, 2.75) is 64.5 Å². The summed E-state index contributed by atoms with van der Waals surface area (Å²) >= 11 is 0. The van der Waals surface area contributed by atoms with Gasteiger partial charge in [0.2, 0.25) is 8.40 Å². The van der Waals surface area contributed by atoms with Gasteiger partial charge in [-0.1, -0.05) is 53.4 Å². The maximum Gasteiger partial charge on any atom is 0.207 e. The lowest BCUT2D eigenvalue weighted by Crippen LogP contribution is -2.67. The predicted molar refractivity (Wildman–Crippen MR) is 70.4 cm³/mol. The van der Waals surface area contributed by atoms with Gasteiger partial charge in [0.05, 0.1) is 0 Å². The van der Waals surface area contributed by atoms with Gasteiger partial charge in [0.15, 0.2) is 0 Å². The standard InChI is InChI=1S/C12H28N2Si/c1-5-13-15(11(3)4,14-6-2)12-9-7-8-10-12/h11-14H,5-10H2,1-4H3. The number of nitrogens with one attached hydrogen (secondary N) is 2. The monoisotopic (exact) mass is 228 g/mol. The molecule has 0 radical (unpaired) electrons. The van der Waals surface area contributed by atoms with Crippen molar-refractivity contribution in [3.63, 3.8) is 0 Å². The quantitative estimate of drug-likeness (QED) is 0.683. The van der Waals surface area contributed by atoms with Gasteiger partial charge in [-0.3, -0.25) is 0 Å². The lowest BCUT2D eigenvalue weighted by Gasteiger charge is -2.41. The van der Waals surface area contributed by atoms with Gasteiger partial charge in [-0.05, 0) is 24.2 Å². The molecular weight excluding hydrogens is 200 g/mol. The second-order valence-electron chi connectivity index (χ2n) is 5.07. The van der Waals surface area contributed by atoms with E-state index < -0.39 is 8.40 Å². The van der Waals surface area contributed by atoms with E-state index in [1.807, 2.05) is 0 Å². The predicted octanol–water partition coefficient (Wildman–Crippen LogP) is 3.00. The summed E-state index contributed by atoms with van der Waals surface area (Å²) in [7, 11) is -1.44. The maximum absolute atomic E-state index is 3.87. The molecule has 1 fully saturated rings. The number of rotatable bonds is 6. The third-order valence-electron chi connectivity index (χ3n) is 3.85. The van der Waals surface area contributed by atoms with Crippen molar-refractivity contribution in [1.82, 2.24) is 9.96 Å². The van der Waals surface area contributed by atoms with E-state index in [0.717, 1.165) is 24.2 Å². The Balaban J connectivity index is 2.78.